The number of nitrogens with one attached hydrogen (secondary N) is 1. The fourth-order valence-corrected chi connectivity index (χ4v) is 3.44. The number of rotatable bonds is 4. The van der Waals surface area contributed by atoms with Gasteiger partial charge in [0.25, 0.3) is 0 Å². The van der Waals surface area contributed by atoms with Gasteiger partial charge in [-0.2, -0.15) is 4.98 Å². The van der Waals surface area contributed by atoms with Gasteiger partial charge in [0.15, 0.2) is 0 Å². The Balaban J connectivity index is 1.89. The van der Waals surface area contributed by atoms with Crippen LogP contribution in [0.15, 0.2) is 24.3 Å². The van der Waals surface area contributed by atoms with Crippen LogP contribution in [0.4, 0.5) is 17.5 Å². The van der Waals surface area contributed by atoms with Crippen molar-refractivity contribution in [3.05, 3.63) is 41.1 Å². The molecule has 0 unspecified atom stereocenters. The molecule has 1 aromatic carbocycles. The lowest BCUT2D eigenvalue weighted by Gasteiger charge is -2.30. The molecule has 0 radical (unpaired) electrons. The monoisotopic (exact) mass is 338 g/mol. The fraction of sp³-hybridized carbons (Fsp3) is 0.524. The Morgan fingerprint density at radius 3 is 2.52 bits per heavy atom. The first-order valence-corrected chi connectivity index (χ1v) is 9.41. The van der Waals surface area contributed by atoms with Gasteiger partial charge in [-0.15, -0.1) is 0 Å². The summed E-state index contributed by atoms with van der Waals surface area (Å²) in [5.74, 6) is 3.01. The minimum absolute atomic E-state index is 0.466. The normalized spacial score (nSPS) is 15.7. The average molecular weight is 338 g/mol. The molecular formula is C21H30N4. The number of aromatic nitrogens is 2. The van der Waals surface area contributed by atoms with E-state index in [1.165, 1.54) is 29.7 Å². The van der Waals surface area contributed by atoms with E-state index in [9.17, 15) is 0 Å². The highest BCUT2D eigenvalue weighted by Crippen LogP contribution is 2.30. The van der Waals surface area contributed by atoms with Gasteiger partial charge in [-0.3, -0.25) is 0 Å². The van der Waals surface area contributed by atoms with E-state index in [2.05, 4.69) is 61.1 Å². The van der Waals surface area contributed by atoms with E-state index in [4.69, 9.17) is 4.98 Å². The molecular weight excluding hydrogens is 308 g/mol. The zero-order chi connectivity index (χ0) is 18.0. The van der Waals surface area contributed by atoms with Gasteiger partial charge in [-0.05, 0) is 49.7 Å². The standard InChI is InChI=1S/C21H30N4/c1-14(2)18-8-6-7-16(4)20(18)23-19-13-17(5)22-21(24-19)25-11-9-15(3)10-12-25/h6-8,13-15H,9-12H2,1-5H3,(H,22,23,24). The lowest BCUT2D eigenvalue weighted by Crippen LogP contribution is -2.34. The molecule has 0 aliphatic carbocycles. The second-order valence-electron chi connectivity index (χ2n) is 7.68. The first-order valence-electron chi connectivity index (χ1n) is 9.41. The maximum absolute atomic E-state index is 4.82. The summed E-state index contributed by atoms with van der Waals surface area (Å²) in [6, 6.07) is 8.50. The maximum atomic E-state index is 4.82. The number of hydrogen-bond donors (Lipinski definition) is 1. The van der Waals surface area contributed by atoms with Crippen LogP contribution in [-0.2, 0) is 0 Å². The highest BCUT2D eigenvalue weighted by molar-refractivity contribution is 5.66. The zero-order valence-corrected chi connectivity index (χ0v) is 16.1. The van der Waals surface area contributed by atoms with Crippen molar-refractivity contribution >= 4 is 17.5 Å². The molecule has 1 aliphatic rings. The summed E-state index contributed by atoms with van der Waals surface area (Å²) in [6.07, 6.45) is 2.44. The van der Waals surface area contributed by atoms with Crippen molar-refractivity contribution in [1.29, 1.82) is 0 Å². The number of piperidine rings is 1. The predicted molar refractivity (Wildman–Crippen MR) is 106 cm³/mol. The minimum Gasteiger partial charge on any atom is -0.341 e. The van der Waals surface area contributed by atoms with Crippen molar-refractivity contribution in [2.75, 3.05) is 23.3 Å². The quantitative estimate of drug-likeness (QED) is 0.832. The molecule has 1 aromatic heterocycles. The number of aryl methyl sites for hydroxylation is 2. The van der Waals surface area contributed by atoms with Crippen LogP contribution in [0.5, 0.6) is 0 Å². The molecule has 0 amide bonds. The molecule has 0 atom stereocenters. The van der Waals surface area contributed by atoms with E-state index in [1.54, 1.807) is 0 Å². The molecule has 0 spiro atoms. The molecule has 25 heavy (non-hydrogen) atoms. The third kappa shape index (κ3) is 4.12. The molecule has 1 fully saturated rings. The number of nitrogens with zero attached hydrogens (tertiary/aromatic N) is 3. The van der Waals surface area contributed by atoms with Gasteiger partial charge in [0.2, 0.25) is 5.95 Å². The van der Waals surface area contributed by atoms with E-state index >= 15 is 0 Å². The zero-order valence-electron chi connectivity index (χ0n) is 16.1. The summed E-state index contributed by atoms with van der Waals surface area (Å²) in [5.41, 5.74) is 4.75. The molecule has 2 heterocycles. The van der Waals surface area contributed by atoms with Gasteiger partial charge in [-0.25, -0.2) is 4.98 Å². The summed E-state index contributed by atoms with van der Waals surface area (Å²) in [7, 11) is 0. The van der Waals surface area contributed by atoms with Crippen LogP contribution in [0.3, 0.4) is 0 Å². The number of anilines is 3. The van der Waals surface area contributed by atoms with Crippen molar-refractivity contribution in [2.45, 2.75) is 53.4 Å². The number of benzene rings is 1. The molecule has 3 rings (SSSR count). The number of hydrogen-bond acceptors (Lipinski definition) is 4. The van der Waals surface area contributed by atoms with E-state index in [0.717, 1.165) is 36.5 Å². The third-order valence-electron chi connectivity index (χ3n) is 5.09. The Morgan fingerprint density at radius 1 is 1.12 bits per heavy atom. The van der Waals surface area contributed by atoms with Crippen LogP contribution < -0.4 is 10.2 Å². The number of para-hydroxylation sites is 1. The minimum atomic E-state index is 0.466. The topological polar surface area (TPSA) is 41.1 Å². The average Bonchev–Trinajstić information content (AvgIpc) is 2.56. The summed E-state index contributed by atoms with van der Waals surface area (Å²) < 4.78 is 0. The Morgan fingerprint density at radius 2 is 1.84 bits per heavy atom. The van der Waals surface area contributed by atoms with E-state index < -0.39 is 0 Å². The Labute approximate surface area is 151 Å². The van der Waals surface area contributed by atoms with Gasteiger partial charge in [0, 0.05) is 30.5 Å². The molecule has 1 aliphatic heterocycles. The highest BCUT2D eigenvalue weighted by atomic mass is 15.3. The molecule has 2 aromatic rings. The highest BCUT2D eigenvalue weighted by Gasteiger charge is 2.19. The van der Waals surface area contributed by atoms with E-state index in [1.807, 2.05) is 13.0 Å². The van der Waals surface area contributed by atoms with Crippen LogP contribution >= 0.6 is 0 Å². The molecule has 4 nitrogen and oxygen atoms in total. The summed E-state index contributed by atoms with van der Waals surface area (Å²) in [4.78, 5) is 11.8. The van der Waals surface area contributed by atoms with Crippen LogP contribution in [0.1, 0.15) is 56.4 Å². The van der Waals surface area contributed by atoms with Crippen molar-refractivity contribution in [2.24, 2.45) is 5.92 Å². The van der Waals surface area contributed by atoms with Crippen molar-refractivity contribution in [1.82, 2.24) is 9.97 Å². The molecule has 0 bridgehead atoms. The first-order chi connectivity index (χ1) is 11.9. The third-order valence-corrected chi connectivity index (χ3v) is 5.09. The van der Waals surface area contributed by atoms with Crippen LogP contribution in [0, 0.1) is 19.8 Å². The molecule has 4 heteroatoms. The van der Waals surface area contributed by atoms with Gasteiger partial charge in [0.05, 0.1) is 0 Å². The molecule has 134 valence electrons. The molecule has 0 saturated carbocycles. The largest absolute Gasteiger partial charge is 0.341 e. The van der Waals surface area contributed by atoms with E-state index in [0.29, 0.717) is 5.92 Å². The Hall–Kier alpha value is -2.10. The van der Waals surface area contributed by atoms with Gasteiger partial charge in [0.1, 0.15) is 5.82 Å². The predicted octanol–water partition coefficient (Wildman–Crippen LogP) is 5.20. The second kappa shape index (κ2) is 7.42. The van der Waals surface area contributed by atoms with Crippen LogP contribution in [0.25, 0.3) is 0 Å². The Bertz CT molecular complexity index is 731. The fourth-order valence-electron chi connectivity index (χ4n) is 3.44. The second-order valence-corrected chi connectivity index (χ2v) is 7.68. The summed E-state index contributed by atoms with van der Waals surface area (Å²) in [6.45, 7) is 13.1. The van der Waals surface area contributed by atoms with Gasteiger partial charge >= 0.3 is 0 Å². The maximum Gasteiger partial charge on any atom is 0.227 e. The smallest absolute Gasteiger partial charge is 0.227 e. The van der Waals surface area contributed by atoms with Gasteiger partial charge in [-0.1, -0.05) is 39.0 Å². The first kappa shape index (κ1) is 17.7. The Kier molecular flexibility index (Phi) is 5.26. The molecule has 1 N–H and O–H groups in total. The summed E-state index contributed by atoms with van der Waals surface area (Å²) >= 11 is 0. The van der Waals surface area contributed by atoms with Crippen LogP contribution in [0.2, 0.25) is 0 Å². The lowest BCUT2D eigenvalue weighted by atomic mass is 9.98. The SMILES string of the molecule is Cc1cc(Nc2c(C)cccc2C(C)C)nc(N2CCC(C)CC2)n1. The van der Waals surface area contributed by atoms with Gasteiger partial charge < -0.3 is 10.2 Å². The lowest BCUT2D eigenvalue weighted by molar-refractivity contribution is 0.434. The van der Waals surface area contributed by atoms with Crippen molar-refractivity contribution in [3.63, 3.8) is 0 Å². The molecule has 1 saturated heterocycles. The van der Waals surface area contributed by atoms with Crippen molar-refractivity contribution in [3.8, 4) is 0 Å². The summed E-state index contributed by atoms with van der Waals surface area (Å²) in [5, 5.41) is 3.57. The van der Waals surface area contributed by atoms with Crippen molar-refractivity contribution < 1.29 is 0 Å². The van der Waals surface area contributed by atoms with E-state index in [-0.39, 0.29) is 0 Å². The van der Waals surface area contributed by atoms with Crippen LogP contribution in [-0.4, -0.2) is 23.1 Å².